The first-order valence-electron chi connectivity index (χ1n) is 5.39. The van der Waals surface area contributed by atoms with E-state index in [1.54, 1.807) is 6.20 Å². The Bertz CT molecular complexity index is 485. The molecule has 2 heterocycles. The first kappa shape index (κ1) is 14.8. The van der Waals surface area contributed by atoms with E-state index in [1.165, 1.54) is 16.9 Å². The van der Waals surface area contributed by atoms with Crippen molar-refractivity contribution in [1.82, 2.24) is 4.98 Å². The lowest BCUT2D eigenvalue weighted by molar-refractivity contribution is -0.695. The van der Waals surface area contributed by atoms with Gasteiger partial charge in [0, 0.05) is 23.7 Å². The molecule has 0 unspecified atom stereocenters. The molecule has 0 aromatic carbocycles. The molecule has 0 radical (unpaired) electrons. The highest BCUT2D eigenvalue weighted by Crippen LogP contribution is 2.10. The molecular weight excluding hydrogens is 314 g/mol. The van der Waals surface area contributed by atoms with Crippen LogP contribution >= 0.6 is 11.3 Å². The highest BCUT2D eigenvalue weighted by molar-refractivity contribution is 7.13. The number of carbonyl (C=O) groups excluding carboxylic acids is 1. The normalized spacial score (nSPS) is 9.61. The smallest absolute Gasteiger partial charge is 0.232 e. The van der Waals surface area contributed by atoms with E-state index in [-0.39, 0.29) is 22.9 Å². The lowest BCUT2D eigenvalue weighted by Gasteiger charge is -1.99. The molecule has 0 saturated carbocycles. The van der Waals surface area contributed by atoms with Crippen molar-refractivity contribution < 1.29 is 26.3 Å². The molecule has 1 N–H and O–H groups in total. The second-order valence-corrected chi connectivity index (χ2v) is 4.64. The quantitative estimate of drug-likeness (QED) is 0.715. The fourth-order valence-corrected chi connectivity index (χ4v) is 1.92. The maximum absolute atomic E-state index is 11.6. The maximum atomic E-state index is 11.6. The monoisotopic (exact) mass is 327 g/mol. The largest absolute Gasteiger partial charge is 1.00 e. The molecule has 6 heteroatoms. The van der Waals surface area contributed by atoms with Gasteiger partial charge in [0.15, 0.2) is 24.1 Å². The van der Waals surface area contributed by atoms with Crippen molar-refractivity contribution in [1.29, 1.82) is 0 Å². The number of pyridine rings is 1. The minimum atomic E-state index is -0.00646. The maximum Gasteiger partial charge on any atom is 0.232 e. The van der Waals surface area contributed by atoms with E-state index in [2.05, 4.69) is 10.3 Å². The SMILES string of the molecule is Cc1cc[n+](CCC(=O)Nc2nccs2)cc1.[Br-]. The molecule has 2 aromatic rings. The zero-order valence-corrected chi connectivity index (χ0v) is 12.4. The van der Waals surface area contributed by atoms with Gasteiger partial charge in [0.05, 0.1) is 6.42 Å². The highest BCUT2D eigenvalue weighted by atomic mass is 79.9. The third-order valence-electron chi connectivity index (χ3n) is 2.33. The molecule has 0 bridgehead atoms. The van der Waals surface area contributed by atoms with E-state index < -0.39 is 0 Å². The standard InChI is InChI=1S/C12H13N3OS.BrH/c1-10-2-6-15(7-3-10)8-4-11(16)14-12-13-5-9-17-12;/h2-3,5-7,9H,4,8H2,1H3;1H. The van der Waals surface area contributed by atoms with Crippen LogP contribution in [0.1, 0.15) is 12.0 Å². The molecule has 2 aromatic heterocycles. The second kappa shape index (κ2) is 7.23. The number of nitrogens with one attached hydrogen (secondary N) is 1. The Labute approximate surface area is 120 Å². The van der Waals surface area contributed by atoms with Crippen molar-refractivity contribution in [2.75, 3.05) is 5.32 Å². The van der Waals surface area contributed by atoms with E-state index in [4.69, 9.17) is 0 Å². The third kappa shape index (κ3) is 4.54. The van der Waals surface area contributed by atoms with E-state index in [9.17, 15) is 4.79 Å². The van der Waals surface area contributed by atoms with Gasteiger partial charge in [0.2, 0.25) is 5.91 Å². The molecule has 0 aliphatic rings. The fraction of sp³-hybridized carbons (Fsp3) is 0.250. The summed E-state index contributed by atoms with van der Waals surface area (Å²) in [4.78, 5) is 15.6. The lowest BCUT2D eigenvalue weighted by Crippen LogP contribution is -3.00. The summed E-state index contributed by atoms with van der Waals surface area (Å²) in [6.07, 6.45) is 6.08. The van der Waals surface area contributed by atoms with E-state index in [0.29, 0.717) is 18.1 Å². The van der Waals surface area contributed by atoms with Crippen LogP contribution in [0.15, 0.2) is 36.1 Å². The van der Waals surface area contributed by atoms with Gasteiger partial charge in [-0.2, -0.15) is 0 Å². The van der Waals surface area contributed by atoms with Gasteiger partial charge < -0.3 is 22.3 Å². The van der Waals surface area contributed by atoms with Gasteiger partial charge in [-0.3, -0.25) is 4.79 Å². The Morgan fingerprint density at radius 2 is 2.17 bits per heavy atom. The average Bonchev–Trinajstić information content (AvgIpc) is 2.81. The summed E-state index contributed by atoms with van der Waals surface area (Å²) in [6, 6.07) is 4.05. The Morgan fingerprint density at radius 1 is 1.44 bits per heavy atom. The van der Waals surface area contributed by atoms with Crippen molar-refractivity contribution in [3.8, 4) is 0 Å². The zero-order valence-electron chi connectivity index (χ0n) is 9.97. The highest BCUT2D eigenvalue weighted by Gasteiger charge is 2.07. The van der Waals surface area contributed by atoms with Gasteiger partial charge in [-0.1, -0.05) is 0 Å². The van der Waals surface area contributed by atoms with Crippen molar-refractivity contribution in [3.05, 3.63) is 41.7 Å². The van der Waals surface area contributed by atoms with Crippen LogP contribution < -0.4 is 26.9 Å². The Morgan fingerprint density at radius 3 is 2.78 bits per heavy atom. The molecule has 4 nitrogen and oxygen atoms in total. The van der Waals surface area contributed by atoms with Crippen LogP contribution in [0.3, 0.4) is 0 Å². The summed E-state index contributed by atoms with van der Waals surface area (Å²) in [7, 11) is 0. The van der Waals surface area contributed by atoms with E-state index in [1.807, 2.05) is 41.4 Å². The summed E-state index contributed by atoms with van der Waals surface area (Å²) in [5.41, 5.74) is 1.22. The molecule has 0 fully saturated rings. The number of carbonyl (C=O) groups is 1. The van der Waals surface area contributed by atoms with Crippen molar-refractivity contribution in [2.24, 2.45) is 0 Å². The second-order valence-electron chi connectivity index (χ2n) is 3.75. The number of amides is 1. The lowest BCUT2D eigenvalue weighted by atomic mass is 10.3. The van der Waals surface area contributed by atoms with Gasteiger partial charge in [-0.05, 0) is 12.5 Å². The Hall–Kier alpha value is -1.27. The summed E-state index contributed by atoms with van der Waals surface area (Å²) in [5, 5.41) is 5.25. The average molecular weight is 328 g/mol. The number of aromatic nitrogens is 2. The van der Waals surface area contributed by atoms with Crippen LogP contribution in [0.25, 0.3) is 0 Å². The van der Waals surface area contributed by atoms with Crippen LogP contribution in [-0.2, 0) is 11.3 Å². The Balaban J connectivity index is 0.00000162. The van der Waals surface area contributed by atoms with Crippen LogP contribution in [-0.4, -0.2) is 10.9 Å². The molecule has 1 amide bonds. The number of halogens is 1. The van der Waals surface area contributed by atoms with Gasteiger partial charge in [0.25, 0.3) is 0 Å². The van der Waals surface area contributed by atoms with Crippen LogP contribution in [0.5, 0.6) is 0 Å². The number of thiazole rings is 1. The number of aryl methyl sites for hydroxylation is 2. The molecule has 96 valence electrons. The topological polar surface area (TPSA) is 45.9 Å². The summed E-state index contributed by atoms with van der Waals surface area (Å²) in [5.74, 6) is -0.00646. The van der Waals surface area contributed by atoms with E-state index >= 15 is 0 Å². The predicted molar refractivity (Wildman–Crippen MR) is 66.7 cm³/mol. The third-order valence-corrected chi connectivity index (χ3v) is 3.02. The van der Waals surface area contributed by atoms with Crippen molar-refractivity contribution in [2.45, 2.75) is 19.9 Å². The number of rotatable bonds is 4. The van der Waals surface area contributed by atoms with Gasteiger partial charge in [-0.15, -0.1) is 11.3 Å². The molecule has 0 spiro atoms. The van der Waals surface area contributed by atoms with Crippen LogP contribution in [0, 0.1) is 6.92 Å². The number of hydrogen-bond donors (Lipinski definition) is 1. The molecule has 0 atom stereocenters. The molecule has 0 saturated heterocycles. The summed E-state index contributed by atoms with van der Waals surface area (Å²) < 4.78 is 1.99. The van der Waals surface area contributed by atoms with Gasteiger partial charge in [-0.25, -0.2) is 9.55 Å². The van der Waals surface area contributed by atoms with Crippen molar-refractivity contribution in [3.63, 3.8) is 0 Å². The summed E-state index contributed by atoms with van der Waals surface area (Å²) in [6.45, 7) is 2.72. The number of hydrogen-bond acceptors (Lipinski definition) is 3. The Kier molecular flexibility index (Phi) is 5.94. The molecular formula is C12H14BrN3OS. The number of nitrogens with zero attached hydrogens (tertiary/aromatic N) is 2. The molecule has 0 aliphatic heterocycles. The fourth-order valence-electron chi connectivity index (χ4n) is 1.38. The first-order chi connectivity index (χ1) is 8.24. The van der Waals surface area contributed by atoms with Gasteiger partial charge in [0.1, 0.15) is 0 Å². The zero-order chi connectivity index (χ0) is 12.1. The molecule has 0 aliphatic carbocycles. The first-order valence-corrected chi connectivity index (χ1v) is 6.27. The number of anilines is 1. The van der Waals surface area contributed by atoms with Gasteiger partial charge >= 0.3 is 0 Å². The molecule has 18 heavy (non-hydrogen) atoms. The molecule has 2 rings (SSSR count). The minimum Gasteiger partial charge on any atom is -1.00 e. The van der Waals surface area contributed by atoms with Crippen LogP contribution in [0.2, 0.25) is 0 Å². The van der Waals surface area contributed by atoms with Crippen LogP contribution in [0.4, 0.5) is 5.13 Å². The van der Waals surface area contributed by atoms with Crippen molar-refractivity contribution >= 4 is 22.4 Å². The summed E-state index contributed by atoms with van der Waals surface area (Å²) >= 11 is 1.43. The minimum absolute atomic E-state index is 0. The van der Waals surface area contributed by atoms with E-state index in [0.717, 1.165) is 0 Å². The predicted octanol–water partition coefficient (Wildman–Crippen LogP) is -1.23.